The maximum atomic E-state index is 12.1. The number of hydrogen-bond donors (Lipinski definition) is 1. The normalized spacial score (nSPS) is 10.8. The molecule has 2 rings (SSSR count). The zero-order valence-electron chi connectivity index (χ0n) is 12.0. The van der Waals surface area contributed by atoms with Crippen molar-refractivity contribution in [2.45, 2.75) is 39.5 Å². The van der Waals surface area contributed by atoms with Crippen LogP contribution in [0.1, 0.15) is 53.5 Å². The number of anilines is 1. The molecule has 4 nitrogen and oxygen atoms in total. The highest BCUT2D eigenvalue weighted by Crippen LogP contribution is 2.28. The largest absolute Gasteiger partial charge is 0.296 e. The van der Waals surface area contributed by atoms with E-state index in [0.717, 1.165) is 23.4 Å². The molecule has 5 heteroatoms. The minimum absolute atomic E-state index is 0.141. The summed E-state index contributed by atoms with van der Waals surface area (Å²) in [5.74, 6) is 0.287. The SMILES string of the molecule is CCC(CC)c1nnc(NC(=O)c2ccc(C)cc2)s1. The lowest BCUT2D eigenvalue weighted by atomic mass is 10.1. The lowest BCUT2D eigenvalue weighted by Gasteiger charge is -2.05. The van der Waals surface area contributed by atoms with E-state index in [1.54, 1.807) is 0 Å². The molecule has 0 aliphatic carbocycles. The van der Waals surface area contributed by atoms with E-state index in [1.165, 1.54) is 11.3 Å². The van der Waals surface area contributed by atoms with Crippen LogP contribution in [0.3, 0.4) is 0 Å². The zero-order valence-corrected chi connectivity index (χ0v) is 12.8. The molecule has 0 saturated carbocycles. The van der Waals surface area contributed by atoms with Gasteiger partial charge in [0.25, 0.3) is 5.91 Å². The predicted octanol–water partition coefficient (Wildman–Crippen LogP) is 4.00. The summed E-state index contributed by atoms with van der Waals surface area (Å²) >= 11 is 1.46. The molecule has 0 unspecified atom stereocenters. The molecule has 106 valence electrons. The summed E-state index contributed by atoms with van der Waals surface area (Å²) in [4.78, 5) is 12.1. The number of aryl methyl sites for hydroxylation is 1. The topological polar surface area (TPSA) is 54.9 Å². The summed E-state index contributed by atoms with van der Waals surface area (Å²) in [5.41, 5.74) is 1.77. The van der Waals surface area contributed by atoms with Gasteiger partial charge >= 0.3 is 0 Å². The van der Waals surface area contributed by atoms with Gasteiger partial charge in [0, 0.05) is 11.5 Å². The Morgan fingerprint density at radius 1 is 1.20 bits per heavy atom. The Kier molecular flexibility index (Phi) is 4.84. The van der Waals surface area contributed by atoms with E-state index in [0.29, 0.717) is 16.6 Å². The van der Waals surface area contributed by atoms with Crippen molar-refractivity contribution in [3.63, 3.8) is 0 Å². The van der Waals surface area contributed by atoms with Crippen molar-refractivity contribution < 1.29 is 4.79 Å². The molecule has 1 amide bonds. The van der Waals surface area contributed by atoms with E-state index >= 15 is 0 Å². The van der Waals surface area contributed by atoms with E-state index in [2.05, 4.69) is 29.4 Å². The fourth-order valence-corrected chi connectivity index (χ4v) is 2.97. The number of amides is 1. The first kappa shape index (κ1) is 14.7. The highest BCUT2D eigenvalue weighted by Gasteiger charge is 2.15. The molecular formula is C15H19N3OS. The third-order valence-corrected chi connectivity index (χ3v) is 4.31. The number of hydrogen-bond acceptors (Lipinski definition) is 4. The third kappa shape index (κ3) is 3.42. The average Bonchev–Trinajstić information content (AvgIpc) is 2.89. The van der Waals surface area contributed by atoms with Crippen molar-refractivity contribution in [3.8, 4) is 0 Å². The summed E-state index contributed by atoms with van der Waals surface area (Å²) < 4.78 is 0. The number of nitrogens with zero attached hydrogens (tertiary/aromatic N) is 2. The maximum absolute atomic E-state index is 12.1. The molecule has 1 N–H and O–H groups in total. The van der Waals surface area contributed by atoms with E-state index in [4.69, 9.17) is 0 Å². The van der Waals surface area contributed by atoms with Gasteiger partial charge in [-0.25, -0.2) is 0 Å². The van der Waals surface area contributed by atoms with E-state index in [-0.39, 0.29) is 5.91 Å². The van der Waals surface area contributed by atoms with Crippen LogP contribution in [0.4, 0.5) is 5.13 Å². The minimum Gasteiger partial charge on any atom is -0.296 e. The Morgan fingerprint density at radius 3 is 2.45 bits per heavy atom. The molecule has 1 aromatic carbocycles. The summed E-state index contributed by atoms with van der Waals surface area (Å²) in [6.45, 7) is 6.27. The molecule has 0 atom stereocenters. The van der Waals surface area contributed by atoms with Gasteiger partial charge in [-0.3, -0.25) is 10.1 Å². The Balaban J connectivity index is 2.06. The fraction of sp³-hybridized carbons (Fsp3) is 0.400. The van der Waals surface area contributed by atoms with Crippen LogP contribution in [0, 0.1) is 6.92 Å². The molecule has 0 radical (unpaired) electrons. The predicted molar refractivity (Wildman–Crippen MR) is 82.4 cm³/mol. The first-order valence-corrected chi connectivity index (χ1v) is 7.67. The van der Waals surface area contributed by atoms with Crippen molar-refractivity contribution >= 4 is 22.4 Å². The molecule has 0 aliphatic heterocycles. The second-order valence-electron chi connectivity index (χ2n) is 4.78. The quantitative estimate of drug-likeness (QED) is 0.905. The Bertz CT molecular complexity index is 573. The molecule has 0 aliphatic rings. The van der Waals surface area contributed by atoms with Gasteiger partial charge < -0.3 is 0 Å². The van der Waals surface area contributed by atoms with Gasteiger partial charge in [0.15, 0.2) is 0 Å². The van der Waals surface area contributed by atoms with Gasteiger partial charge in [-0.05, 0) is 31.9 Å². The number of carbonyl (C=O) groups excluding carboxylic acids is 1. The van der Waals surface area contributed by atoms with E-state index in [1.807, 2.05) is 31.2 Å². The van der Waals surface area contributed by atoms with Crippen LogP contribution in [-0.2, 0) is 0 Å². The van der Waals surface area contributed by atoms with Crippen LogP contribution in [0.25, 0.3) is 0 Å². The van der Waals surface area contributed by atoms with Crippen LogP contribution in [0.15, 0.2) is 24.3 Å². The summed E-state index contributed by atoms with van der Waals surface area (Å²) in [7, 11) is 0. The third-order valence-electron chi connectivity index (χ3n) is 3.31. The highest BCUT2D eigenvalue weighted by molar-refractivity contribution is 7.15. The minimum atomic E-state index is -0.141. The highest BCUT2D eigenvalue weighted by atomic mass is 32.1. The fourth-order valence-electron chi connectivity index (χ4n) is 1.96. The van der Waals surface area contributed by atoms with Crippen LogP contribution < -0.4 is 5.32 Å². The molecule has 2 aromatic rings. The molecule has 1 heterocycles. The molecule has 0 fully saturated rings. The van der Waals surface area contributed by atoms with Gasteiger partial charge in [-0.15, -0.1) is 10.2 Å². The Morgan fingerprint density at radius 2 is 1.85 bits per heavy atom. The zero-order chi connectivity index (χ0) is 14.5. The van der Waals surface area contributed by atoms with Crippen molar-refractivity contribution in [2.75, 3.05) is 5.32 Å². The van der Waals surface area contributed by atoms with Gasteiger partial charge in [0.05, 0.1) is 0 Å². The second-order valence-corrected chi connectivity index (χ2v) is 5.79. The van der Waals surface area contributed by atoms with Gasteiger partial charge in [-0.1, -0.05) is 42.9 Å². The van der Waals surface area contributed by atoms with E-state index < -0.39 is 0 Å². The summed E-state index contributed by atoms with van der Waals surface area (Å²) in [5, 5.41) is 12.6. The van der Waals surface area contributed by atoms with Gasteiger partial charge in [0.1, 0.15) is 5.01 Å². The number of nitrogens with one attached hydrogen (secondary N) is 1. The van der Waals surface area contributed by atoms with Crippen molar-refractivity contribution in [2.24, 2.45) is 0 Å². The molecule has 1 aromatic heterocycles. The lowest BCUT2D eigenvalue weighted by Crippen LogP contribution is -2.11. The van der Waals surface area contributed by atoms with Gasteiger partial charge in [-0.2, -0.15) is 0 Å². The average molecular weight is 289 g/mol. The van der Waals surface area contributed by atoms with Crippen LogP contribution in [0.5, 0.6) is 0 Å². The number of rotatable bonds is 5. The van der Waals surface area contributed by atoms with E-state index in [9.17, 15) is 4.79 Å². The first-order chi connectivity index (χ1) is 9.63. The van der Waals surface area contributed by atoms with Crippen molar-refractivity contribution in [1.82, 2.24) is 10.2 Å². The summed E-state index contributed by atoms with van der Waals surface area (Å²) in [6.07, 6.45) is 2.08. The Labute approximate surface area is 123 Å². The molecule has 0 saturated heterocycles. The van der Waals surface area contributed by atoms with Crippen LogP contribution >= 0.6 is 11.3 Å². The van der Waals surface area contributed by atoms with Crippen molar-refractivity contribution in [1.29, 1.82) is 0 Å². The van der Waals surface area contributed by atoms with Crippen molar-refractivity contribution in [3.05, 3.63) is 40.4 Å². The molecule has 0 spiro atoms. The molecule has 20 heavy (non-hydrogen) atoms. The maximum Gasteiger partial charge on any atom is 0.257 e. The standard InChI is InChI=1S/C15H19N3OS/c1-4-11(5-2)14-17-18-15(20-14)16-13(19)12-8-6-10(3)7-9-12/h6-9,11H,4-5H2,1-3H3,(H,16,18,19). The van der Waals surface area contributed by atoms with Crippen LogP contribution in [0.2, 0.25) is 0 Å². The lowest BCUT2D eigenvalue weighted by molar-refractivity contribution is 0.102. The smallest absolute Gasteiger partial charge is 0.257 e. The van der Waals surface area contributed by atoms with Gasteiger partial charge in [0.2, 0.25) is 5.13 Å². The number of carbonyl (C=O) groups is 1. The first-order valence-electron chi connectivity index (χ1n) is 6.85. The number of aromatic nitrogens is 2. The second kappa shape index (κ2) is 6.61. The molecular weight excluding hydrogens is 270 g/mol. The summed E-state index contributed by atoms with van der Waals surface area (Å²) in [6, 6.07) is 7.47. The molecule has 0 bridgehead atoms. The Hall–Kier alpha value is -1.75. The monoisotopic (exact) mass is 289 g/mol. The van der Waals surface area contributed by atoms with Crippen LogP contribution in [-0.4, -0.2) is 16.1 Å². The number of benzene rings is 1.